The molecule has 0 saturated carbocycles. The van der Waals surface area contributed by atoms with Crippen LogP contribution in [0.5, 0.6) is 0 Å². The Morgan fingerprint density at radius 1 is 1.60 bits per heavy atom. The van der Waals surface area contributed by atoms with Crippen LogP contribution in [0.4, 0.5) is 18.0 Å². The Labute approximate surface area is 57.3 Å². The van der Waals surface area contributed by atoms with Crippen LogP contribution in [0.1, 0.15) is 0 Å². The largest absolute Gasteiger partial charge is 0.599 e. The lowest BCUT2D eigenvalue weighted by atomic mass is 11.5. The molecule has 1 atom stereocenters. The summed E-state index contributed by atoms with van der Waals surface area (Å²) in [5.74, 6) is 0. The summed E-state index contributed by atoms with van der Waals surface area (Å²) in [5.41, 5.74) is -5.02. The Morgan fingerprint density at radius 2 is 2.00 bits per heavy atom. The molecule has 0 spiro atoms. The zero-order valence-corrected chi connectivity index (χ0v) is 5.58. The summed E-state index contributed by atoms with van der Waals surface area (Å²) in [5, 5.41) is -1.78. The molecule has 10 heavy (non-hydrogen) atoms. The van der Waals surface area contributed by atoms with E-state index in [4.69, 9.17) is 0 Å². The highest BCUT2D eigenvalue weighted by Crippen LogP contribution is 2.24. The summed E-state index contributed by atoms with van der Waals surface area (Å²) < 4.78 is 47.3. The predicted octanol–water partition coefficient (Wildman–Crippen LogP) is 1.02. The van der Waals surface area contributed by atoms with Gasteiger partial charge < -0.3 is 9.29 Å². The lowest BCUT2D eigenvalue weighted by molar-refractivity contribution is -0.0429. The van der Waals surface area contributed by atoms with Crippen molar-refractivity contribution in [1.29, 1.82) is 0 Å². The SMILES string of the molecule is COC(=O)[S+]([O-])C(F)(F)F. The molecule has 0 aromatic carbocycles. The van der Waals surface area contributed by atoms with Crippen LogP contribution in [-0.4, -0.2) is 22.5 Å². The zero-order valence-electron chi connectivity index (χ0n) is 4.77. The van der Waals surface area contributed by atoms with E-state index in [1.165, 1.54) is 0 Å². The van der Waals surface area contributed by atoms with E-state index in [9.17, 15) is 22.5 Å². The maximum absolute atomic E-state index is 11.3. The molecule has 0 aliphatic carbocycles. The van der Waals surface area contributed by atoms with Crippen LogP contribution >= 0.6 is 0 Å². The van der Waals surface area contributed by atoms with Crippen LogP contribution in [-0.2, 0) is 15.9 Å². The zero-order chi connectivity index (χ0) is 8.36. The van der Waals surface area contributed by atoms with Gasteiger partial charge in [0.25, 0.3) is 0 Å². The minimum absolute atomic E-state index is 0.728. The summed E-state index contributed by atoms with van der Waals surface area (Å²) >= 11 is -3.54. The van der Waals surface area contributed by atoms with Crippen molar-refractivity contribution in [2.75, 3.05) is 7.11 Å². The van der Waals surface area contributed by atoms with Gasteiger partial charge in [-0.2, -0.15) is 4.79 Å². The molecule has 0 aliphatic rings. The number of hydrogen-bond donors (Lipinski definition) is 0. The van der Waals surface area contributed by atoms with Gasteiger partial charge in [0.1, 0.15) is 0 Å². The average Bonchev–Trinajstić information content (AvgIpc) is 1.83. The minimum atomic E-state index is -5.02. The first-order valence-corrected chi connectivity index (χ1v) is 3.11. The van der Waals surface area contributed by atoms with Crippen molar-refractivity contribution in [3.05, 3.63) is 0 Å². The van der Waals surface area contributed by atoms with Gasteiger partial charge in [0, 0.05) is 0 Å². The van der Waals surface area contributed by atoms with Crippen molar-refractivity contribution in [2.45, 2.75) is 5.51 Å². The van der Waals surface area contributed by atoms with Crippen LogP contribution in [0.25, 0.3) is 0 Å². The van der Waals surface area contributed by atoms with E-state index in [0.717, 1.165) is 7.11 Å². The molecule has 7 heteroatoms. The van der Waals surface area contributed by atoms with Crippen LogP contribution in [0.3, 0.4) is 0 Å². The molecular formula is C3H3F3O3S. The number of rotatable bonds is 0. The lowest BCUT2D eigenvalue weighted by Crippen LogP contribution is -2.30. The fourth-order valence-electron chi connectivity index (χ4n) is 0.170. The van der Waals surface area contributed by atoms with E-state index in [1.807, 2.05) is 0 Å². The van der Waals surface area contributed by atoms with Crippen molar-refractivity contribution < 1.29 is 27.3 Å². The fourth-order valence-corrected chi connectivity index (χ4v) is 0.511. The topological polar surface area (TPSA) is 49.4 Å². The molecule has 0 fully saturated rings. The Kier molecular flexibility index (Phi) is 2.97. The lowest BCUT2D eigenvalue weighted by Gasteiger charge is -2.07. The Balaban J connectivity index is 4.08. The van der Waals surface area contributed by atoms with Crippen molar-refractivity contribution in [3.8, 4) is 0 Å². The Morgan fingerprint density at radius 3 is 2.10 bits per heavy atom. The molecule has 0 saturated heterocycles. The molecule has 0 rings (SSSR count). The van der Waals surface area contributed by atoms with Gasteiger partial charge in [0.05, 0.1) is 7.11 Å². The van der Waals surface area contributed by atoms with E-state index in [-0.39, 0.29) is 0 Å². The van der Waals surface area contributed by atoms with Gasteiger partial charge in [-0.15, -0.1) is 13.2 Å². The third kappa shape index (κ3) is 2.44. The number of halogens is 3. The predicted molar refractivity (Wildman–Crippen MR) is 26.6 cm³/mol. The molecule has 0 aliphatic heterocycles. The van der Waals surface area contributed by atoms with Gasteiger partial charge in [-0.05, 0) is 0 Å². The quantitative estimate of drug-likeness (QED) is 0.409. The number of alkyl halides is 3. The summed E-state index contributed by atoms with van der Waals surface area (Å²) in [6, 6.07) is 0. The number of carbonyl (C=O) groups excluding carboxylic acids is 1. The van der Waals surface area contributed by atoms with Gasteiger partial charge in [-0.1, -0.05) is 0 Å². The third-order valence-corrected chi connectivity index (χ3v) is 1.42. The molecule has 0 heterocycles. The van der Waals surface area contributed by atoms with Crippen molar-refractivity contribution in [3.63, 3.8) is 0 Å². The number of hydrogen-bond acceptors (Lipinski definition) is 3. The molecule has 3 nitrogen and oxygen atoms in total. The molecule has 0 radical (unpaired) electrons. The Hall–Kier alpha value is -0.430. The van der Waals surface area contributed by atoms with Gasteiger partial charge in [0.15, 0.2) is 11.2 Å². The molecule has 0 aromatic heterocycles. The minimum Gasteiger partial charge on any atom is -0.599 e. The van der Waals surface area contributed by atoms with E-state index in [1.54, 1.807) is 0 Å². The summed E-state index contributed by atoms with van der Waals surface area (Å²) in [4.78, 5) is 9.92. The maximum Gasteiger partial charge on any atom is 0.584 e. The van der Waals surface area contributed by atoms with Crippen LogP contribution < -0.4 is 0 Å². The standard InChI is InChI=1S/C3H3F3O3S/c1-9-2(7)10(8)3(4,5)6/h1H3. The van der Waals surface area contributed by atoms with E-state index in [0.29, 0.717) is 0 Å². The third-order valence-electron chi connectivity index (χ3n) is 0.528. The highest BCUT2D eigenvalue weighted by molar-refractivity contribution is 8.06. The summed E-state index contributed by atoms with van der Waals surface area (Å²) in [6.45, 7) is 0. The fraction of sp³-hybridized carbons (Fsp3) is 0.667. The molecule has 1 unspecified atom stereocenters. The van der Waals surface area contributed by atoms with Crippen molar-refractivity contribution >= 4 is 16.5 Å². The first kappa shape index (κ1) is 9.57. The molecule has 60 valence electrons. The van der Waals surface area contributed by atoms with E-state index in [2.05, 4.69) is 4.74 Å². The summed E-state index contributed by atoms with van der Waals surface area (Å²) in [6.07, 6.45) is 0. The van der Waals surface area contributed by atoms with Crippen LogP contribution in [0.15, 0.2) is 0 Å². The van der Waals surface area contributed by atoms with Crippen molar-refractivity contribution in [2.24, 2.45) is 0 Å². The number of carbonyl (C=O) groups is 1. The highest BCUT2D eigenvalue weighted by atomic mass is 32.2. The second kappa shape index (κ2) is 3.11. The number of ether oxygens (including phenoxy) is 1. The van der Waals surface area contributed by atoms with Gasteiger partial charge >= 0.3 is 10.8 Å². The van der Waals surface area contributed by atoms with Crippen LogP contribution in [0, 0.1) is 0 Å². The first-order valence-electron chi connectivity index (χ1n) is 1.96. The van der Waals surface area contributed by atoms with Gasteiger partial charge in [0.2, 0.25) is 0 Å². The van der Waals surface area contributed by atoms with E-state index >= 15 is 0 Å². The molecule has 0 aromatic rings. The monoisotopic (exact) mass is 176 g/mol. The van der Waals surface area contributed by atoms with Crippen molar-refractivity contribution in [1.82, 2.24) is 0 Å². The van der Waals surface area contributed by atoms with Crippen LogP contribution in [0.2, 0.25) is 0 Å². The maximum atomic E-state index is 11.3. The second-order valence-electron chi connectivity index (χ2n) is 1.17. The van der Waals surface area contributed by atoms with Gasteiger partial charge in [-0.25, -0.2) is 0 Å². The number of methoxy groups -OCH3 is 1. The normalized spacial score (nSPS) is 14.5. The molecule has 0 bridgehead atoms. The average molecular weight is 176 g/mol. The highest BCUT2D eigenvalue weighted by Gasteiger charge is 2.51. The smallest absolute Gasteiger partial charge is 0.584 e. The van der Waals surface area contributed by atoms with Gasteiger partial charge in [-0.3, -0.25) is 0 Å². The molecular weight excluding hydrogens is 173 g/mol. The first-order chi connectivity index (χ1) is 4.39. The molecule has 0 amide bonds. The van der Waals surface area contributed by atoms with E-state index < -0.39 is 22.0 Å². The summed E-state index contributed by atoms with van der Waals surface area (Å²) in [7, 11) is 0.728. The second-order valence-corrected chi connectivity index (χ2v) is 2.50. The molecule has 0 N–H and O–H groups in total. The Bertz CT molecular complexity index is 133.